The van der Waals surface area contributed by atoms with Gasteiger partial charge in [-0.25, -0.2) is 0 Å². The average molecular weight is 278 g/mol. The van der Waals surface area contributed by atoms with Crippen LogP contribution in [0.1, 0.15) is 30.2 Å². The Kier molecular flexibility index (Phi) is 2.97. The van der Waals surface area contributed by atoms with Crippen molar-refractivity contribution in [2.24, 2.45) is 0 Å². The molecule has 1 unspecified atom stereocenters. The predicted octanol–water partition coefficient (Wildman–Crippen LogP) is 2.69. The van der Waals surface area contributed by atoms with Crippen molar-refractivity contribution in [3.63, 3.8) is 0 Å². The summed E-state index contributed by atoms with van der Waals surface area (Å²) in [5.41, 5.74) is 1.29. The Morgan fingerprint density at radius 3 is 2.90 bits per heavy atom. The fourth-order valence-electron chi connectivity index (χ4n) is 3.06. The largest absolute Gasteiger partial charge is 0.312 e. The molecule has 3 aromatic rings. The van der Waals surface area contributed by atoms with Crippen LogP contribution >= 0.6 is 0 Å². The first kappa shape index (κ1) is 12.5. The number of rotatable bonds is 2. The molecule has 1 N–H and O–H groups in total. The van der Waals surface area contributed by atoms with Gasteiger partial charge in [0.1, 0.15) is 11.6 Å². The highest BCUT2D eigenvalue weighted by Crippen LogP contribution is 2.20. The third-order valence-corrected chi connectivity index (χ3v) is 4.21. The van der Waals surface area contributed by atoms with E-state index in [0.717, 1.165) is 31.2 Å². The van der Waals surface area contributed by atoms with Crippen molar-refractivity contribution in [3.8, 4) is 0 Å². The minimum absolute atomic E-state index is 0.289. The molecule has 21 heavy (non-hydrogen) atoms. The molecule has 1 aliphatic rings. The van der Waals surface area contributed by atoms with Crippen LogP contribution < -0.4 is 5.32 Å². The summed E-state index contributed by atoms with van der Waals surface area (Å²) in [4.78, 5) is 0. The van der Waals surface area contributed by atoms with Crippen molar-refractivity contribution in [1.82, 2.24) is 20.1 Å². The van der Waals surface area contributed by atoms with Crippen molar-refractivity contribution in [3.05, 3.63) is 59.7 Å². The zero-order valence-electron chi connectivity index (χ0n) is 12.1. The van der Waals surface area contributed by atoms with E-state index in [1.807, 2.05) is 0 Å². The van der Waals surface area contributed by atoms with Gasteiger partial charge in [0.2, 0.25) is 0 Å². The van der Waals surface area contributed by atoms with Crippen LogP contribution in [0.4, 0.5) is 0 Å². The van der Waals surface area contributed by atoms with Gasteiger partial charge >= 0.3 is 0 Å². The summed E-state index contributed by atoms with van der Waals surface area (Å²) in [5.74, 6) is 2.12. The number of aromatic nitrogens is 3. The topological polar surface area (TPSA) is 42.7 Å². The van der Waals surface area contributed by atoms with E-state index >= 15 is 0 Å². The number of hydrogen-bond donors (Lipinski definition) is 1. The Balaban J connectivity index is 1.68. The van der Waals surface area contributed by atoms with E-state index < -0.39 is 0 Å². The van der Waals surface area contributed by atoms with Crippen LogP contribution in [0.25, 0.3) is 10.8 Å². The van der Waals surface area contributed by atoms with Gasteiger partial charge in [-0.3, -0.25) is 0 Å². The summed E-state index contributed by atoms with van der Waals surface area (Å²) in [6, 6.07) is 15.4. The fraction of sp³-hybridized carbons (Fsp3) is 0.294. The van der Waals surface area contributed by atoms with Crippen molar-refractivity contribution in [2.45, 2.75) is 25.9 Å². The molecular formula is C17H18N4. The van der Waals surface area contributed by atoms with Crippen LogP contribution in [0.3, 0.4) is 0 Å². The van der Waals surface area contributed by atoms with Crippen molar-refractivity contribution in [1.29, 1.82) is 0 Å². The van der Waals surface area contributed by atoms with E-state index in [1.165, 1.54) is 16.3 Å². The smallest absolute Gasteiger partial charge is 0.149 e. The van der Waals surface area contributed by atoms with Crippen LogP contribution in [-0.4, -0.2) is 21.3 Å². The van der Waals surface area contributed by atoms with Gasteiger partial charge in [0.05, 0.1) is 6.04 Å². The monoisotopic (exact) mass is 278 g/mol. The van der Waals surface area contributed by atoms with Crippen LogP contribution in [-0.2, 0) is 13.0 Å². The van der Waals surface area contributed by atoms with E-state index in [4.69, 9.17) is 0 Å². The predicted molar refractivity (Wildman–Crippen MR) is 83.2 cm³/mol. The molecular weight excluding hydrogens is 260 g/mol. The van der Waals surface area contributed by atoms with Crippen LogP contribution in [0.2, 0.25) is 0 Å². The minimum Gasteiger partial charge on any atom is -0.312 e. The van der Waals surface area contributed by atoms with E-state index in [9.17, 15) is 0 Å². The summed E-state index contributed by atoms with van der Waals surface area (Å²) < 4.78 is 2.26. The first-order valence-electron chi connectivity index (χ1n) is 7.44. The highest BCUT2D eigenvalue weighted by molar-refractivity contribution is 5.83. The number of fused-ring (bicyclic) bond motifs is 2. The molecule has 1 aromatic heterocycles. The maximum Gasteiger partial charge on any atom is 0.149 e. The van der Waals surface area contributed by atoms with Gasteiger partial charge in [0.25, 0.3) is 0 Å². The molecule has 1 atom stereocenters. The molecule has 0 aliphatic carbocycles. The van der Waals surface area contributed by atoms with Crippen molar-refractivity contribution < 1.29 is 0 Å². The first-order valence-corrected chi connectivity index (χ1v) is 7.44. The molecule has 0 spiro atoms. The fourth-order valence-corrected chi connectivity index (χ4v) is 3.06. The zero-order chi connectivity index (χ0) is 14.2. The van der Waals surface area contributed by atoms with Crippen molar-refractivity contribution in [2.75, 3.05) is 6.54 Å². The van der Waals surface area contributed by atoms with E-state index in [1.54, 1.807) is 0 Å². The molecule has 0 bridgehead atoms. The number of benzene rings is 2. The van der Waals surface area contributed by atoms with E-state index in [0.29, 0.717) is 0 Å². The molecule has 0 radical (unpaired) electrons. The zero-order valence-corrected chi connectivity index (χ0v) is 12.1. The molecule has 106 valence electrons. The molecule has 0 fully saturated rings. The minimum atomic E-state index is 0.289. The Morgan fingerprint density at radius 1 is 1.14 bits per heavy atom. The standard InChI is InChI=1S/C17H18N4/c1-12-17-20-19-16(21(17)9-8-18-12)11-13-6-7-14-4-2-3-5-15(14)10-13/h2-7,10,12,18H,8-9,11H2,1H3. The molecule has 0 saturated heterocycles. The molecule has 4 nitrogen and oxygen atoms in total. The Bertz CT molecular complexity index is 790. The quantitative estimate of drug-likeness (QED) is 0.783. The third kappa shape index (κ3) is 2.21. The van der Waals surface area contributed by atoms with Gasteiger partial charge in [0, 0.05) is 19.5 Å². The molecule has 2 heterocycles. The van der Waals surface area contributed by atoms with E-state index in [-0.39, 0.29) is 6.04 Å². The van der Waals surface area contributed by atoms with E-state index in [2.05, 4.69) is 69.5 Å². The summed E-state index contributed by atoms with van der Waals surface area (Å²) in [6.07, 6.45) is 0.838. The molecule has 2 aromatic carbocycles. The molecule has 1 aliphatic heterocycles. The second-order valence-electron chi connectivity index (χ2n) is 5.66. The number of nitrogens with one attached hydrogen (secondary N) is 1. The Labute approximate surface area is 123 Å². The third-order valence-electron chi connectivity index (χ3n) is 4.21. The Morgan fingerprint density at radius 2 is 2.00 bits per heavy atom. The number of hydrogen-bond acceptors (Lipinski definition) is 3. The maximum atomic E-state index is 4.40. The molecule has 0 saturated carbocycles. The summed E-state index contributed by atoms with van der Waals surface area (Å²) in [5, 5.41) is 14.7. The average Bonchev–Trinajstić information content (AvgIpc) is 2.92. The van der Waals surface area contributed by atoms with Crippen LogP contribution in [0.15, 0.2) is 42.5 Å². The van der Waals surface area contributed by atoms with Crippen LogP contribution in [0.5, 0.6) is 0 Å². The first-order chi connectivity index (χ1) is 10.3. The molecule has 4 rings (SSSR count). The lowest BCUT2D eigenvalue weighted by Gasteiger charge is -2.21. The maximum absolute atomic E-state index is 4.40. The second kappa shape index (κ2) is 4.97. The highest BCUT2D eigenvalue weighted by atomic mass is 15.3. The molecule has 0 amide bonds. The Hall–Kier alpha value is -2.20. The van der Waals surface area contributed by atoms with Crippen LogP contribution in [0, 0.1) is 0 Å². The lowest BCUT2D eigenvalue weighted by molar-refractivity contribution is 0.431. The molecule has 4 heteroatoms. The normalized spacial score (nSPS) is 17.9. The van der Waals surface area contributed by atoms with Gasteiger partial charge in [-0.05, 0) is 23.3 Å². The van der Waals surface area contributed by atoms with Gasteiger partial charge in [-0.15, -0.1) is 10.2 Å². The summed E-state index contributed by atoms with van der Waals surface area (Å²) >= 11 is 0. The summed E-state index contributed by atoms with van der Waals surface area (Å²) in [7, 11) is 0. The van der Waals surface area contributed by atoms with Gasteiger partial charge in [0.15, 0.2) is 0 Å². The lowest BCUT2D eigenvalue weighted by Crippen LogP contribution is -2.32. The van der Waals surface area contributed by atoms with Gasteiger partial charge < -0.3 is 9.88 Å². The van der Waals surface area contributed by atoms with Crippen molar-refractivity contribution >= 4 is 10.8 Å². The SMILES string of the molecule is CC1NCCn2c(Cc3ccc4ccccc4c3)nnc21. The number of nitrogens with zero attached hydrogens (tertiary/aromatic N) is 3. The second-order valence-corrected chi connectivity index (χ2v) is 5.66. The highest BCUT2D eigenvalue weighted by Gasteiger charge is 2.21. The van der Waals surface area contributed by atoms with Gasteiger partial charge in [-0.1, -0.05) is 42.5 Å². The summed E-state index contributed by atoms with van der Waals surface area (Å²) in [6.45, 7) is 4.08. The lowest BCUT2D eigenvalue weighted by atomic mass is 10.0. The van der Waals surface area contributed by atoms with Gasteiger partial charge in [-0.2, -0.15) is 0 Å².